The van der Waals surface area contributed by atoms with Gasteiger partial charge in [0.05, 0.1) is 5.56 Å². The minimum Gasteiger partial charge on any atom is -0.353 e. The number of amides is 2. The Kier molecular flexibility index (Phi) is 5.13. The highest BCUT2D eigenvalue weighted by Crippen LogP contribution is 2.30. The molecule has 1 saturated carbocycles. The Labute approximate surface area is 135 Å². The van der Waals surface area contributed by atoms with Crippen molar-refractivity contribution >= 4 is 23.2 Å². The van der Waals surface area contributed by atoms with E-state index in [0.29, 0.717) is 19.0 Å². The van der Waals surface area contributed by atoms with Gasteiger partial charge < -0.3 is 10.6 Å². The Morgan fingerprint density at radius 1 is 1.14 bits per heavy atom. The molecular formula is C17H24N2O2S. The van der Waals surface area contributed by atoms with Gasteiger partial charge in [0.2, 0.25) is 5.91 Å². The third-order valence-electron chi connectivity index (χ3n) is 4.66. The van der Waals surface area contributed by atoms with E-state index < -0.39 is 0 Å². The van der Waals surface area contributed by atoms with E-state index in [1.165, 1.54) is 36.1 Å². The number of thiophene rings is 1. The molecule has 2 amide bonds. The van der Waals surface area contributed by atoms with Crippen molar-refractivity contribution < 1.29 is 9.59 Å². The van der Waals surface area contributed by atoms with Gasteiger partial charge in [-0.1, -0.05) is 12.8 Å². The van der Waals surface area contributed by atoms with Crippen LogP contribution in [-0.2, 0) is 17.6 Å². The molecule has 120 valence electrons. The highest BCUT2D eigenvalue weighted by Gasteiger charge is 2.20. The third kappa shape index (κ3) is 3.69. The third-order valence-corrected chi connectivity index (χ3v) is 5.75. The first-order chi connectivity index (χ1) is 10.7. The van der Waals surface area contributed by atoms with Gasteiger partial charge in [-0.15, -0.1) is 11.3 Å². The molecule has 1 aromatic rings. The van der Waals surface area contributed by atoms with Crippen LogP contribution in [0.25, 0.3) is 0 Å². The van der Waals surface area contributed by atoms with Gasteiger partial charge in [-0.25, -0.2) is 0 Å². The van der Waals surface area contributed by atoms with Crippen molar-refractivity contribution in [1.29, 1.82) is 0 Å². The molecule has 1 aromatic heterocycles. The molecular weight excluding hydrogens is 296 g/mol. The largest absolute Gasteiger partial charge is 0.353 e. The quantitative estimate of drug-likeness (QED) is 0.876. The predicted octanol–water partition coefficient (Wildman–Crippen LogP) is 2.81. The summed E-state index contributed by atoms with van der Waals surface area (Å²) in [7, 11) is 0. The molecule has 0 aliphatic heterocycles. The highest BCUT2D eigenvalue weighted by atomic mass is 32.1. The molecule has 0 aromatic carbocycles. The summed E-state index contributed by atoms with van der Waals surface area (Å²) in [6.45, 7) is 0.419. The smallest absolute Gasteiger partial charge is 0.252 e. The van der Waals surface area contributed by atoms with Crippen LogP contribution >= 0.6 is 11.3 Å². The Morgan fingerprint density at radius 3 is 2.73 bits per heavy atom. The number of rotatable bonds is 5. The van der Waals surface area contributed by atoms with E-state index in [0.717, 1.165) is 31.2 Å². The Morgan fingerprint density at radius 2 is 1.91 bits per heavy atom. The second-order valence-corrected chi connectivity index (χ2v) is 7.28. The minimum absolute atomic E-state index is 0.0203. The molecule has 2 aliphatic rings. The zero-order valence-corrected chi connectivity index (χ0v) is 13.8. The van der Waals surface area contributed by atoms with E-state index >= 15 is 0 Å². The molecule has 0 radical (unpaired) electrons. The highest BCUT2D eigenvalue weighted by molar-refractivity contribution is 7.10. The fourth-order valence-corrected chi connectivity index (χ4v) is 4.56. The maximum absolute atomic E-state index is 12.3. The molecule has 0 bridgehead atoms. The fourth-order valence-electron chi connectivity index (χ4n) is 3.44. The van der Waals surface area contributed by atoms with Gasteiger partial charge >= 0.3 is 0 Å². The Bertz CT molecular complexity index is 547. The number of fused-ring (bicyclic) bond motifs is 1. The fraction of sp³-hybridized carbons (Fsp3) is 0.647. The summed E-state index contributed by atoms with van der Waals surface area (Å²) in [5, 5.41) is 7.92. The average Bonchev–Trinajstić information content (AvgIpc) is 3.16. The first kappa shape index (κ1) is 15.5. The zero-order valence-electron chi connectivity index (χ0n) is 13.0. The molecule has 2 N–H and O–H groups in total. The van der Waals surface area contributed by atoms with Crippen LogP contribution in [0.3, 0.4) is 0 Å². The van der Waals surface area contributed by atoms with Crippen LogP contribution < -0.4 is 10.6 Å². The predicted molar refractivity (Wildman–Crippen MR) is 88.3 cm³/mol. The average molecular weight is 320 g/mol. The van der Waals surface area contributed by atoms with E-state index in [2.05, 4.69) is 10.6 Å². The standard InChI is InChI=1S/C17H24N2O2S/c20-16(19-12-5-1-2-6-12)9-10-18-17(21)14-11-22-15-8-4-3-7-13(14)15/h11-12H,1-10H2,(H,18,21)(H,19,20). The van der Waals surface area contributed by atoms with Crippen LogP contribution in [0.2, 0.25) is 0 Å². The Balaban J connectivity index is 1.44. The van der Waals surface area contributed by atoms with Crippen LogP contribution in [0.1, 0.15) is 65.7 Å². The van der Waals surface area contributed by atoms with Crippen molar-refractivity contribution in [2.45, 2.75) is 63.8 Å². The van der Waals surface area contributed by atoms with Gasteiger partial charge in [0.15, 0.2) is 0 Å². The van der Waals surface area contributed by atoms with E-state index in [9.17, 15) is 9.59 Å². The molecule has 3 rings (SSSR count). The SMILES string of the molecule is O=C(CCNC(=O)c1csc2c1CCCC2)NC1CCCC1. The van der Waals surface area contributed by atoms with Gasteiger partial charge in [0.25, 0.3) is 5.91 Å². The van der Waals surface area contributed by atoms with E-state index in [1.54, 1.807) is 11.3 Å². The summed E-state index contributed by atoms with van der Waals surface area (Å²) in [4.78, 5) is 25.5. The van der Waals surface area contributed by atoms with Gasteiger partial charge in [0.1, 0.15) is 0 Å². The molecule has 5 heteroatoms. The molecule has 1 fully saturated rings. The lowest BCUT2D eigenvalue weighted by Gasteiger charge is -2.13. The van der Waals surface area contributed by atoms with E-state index in [4.69, 9.17) is 0 Å². The second-order valence-electron chi connectivity index (χ2n) is 6.31. The summed E-state index contributed by atoms with van der Waals surface area (Å²) in [6.07, 6.45) is 9.52. The summed E-state index contributed by atoms with van der Waals surface area (Å²) >= 11 is 1.70. The maximum atomic E-state index is 12.3. The van der Waals surface area contributed by atoms with Crippen molar-refractivity contribution in [2.24, 2.45) is 0 Å². The van der Waals surface area contributed by atoms with Crippen LogP contribution in [0.4, 0.5) is 0 Å². The van der Waals surface area contributed by atoms with Crippen LogP contribution in [0, 0.1) is 0 Å². The van der Waals surface area contributed by atoms with Gasteiger partial charge in [0, 0.05) is 29.3 Å². The number of carbonyl (C=O) groups is 2. The van der Waals surface area contributed by atoms with Crippen molar-refractivity contribution in [3.8, 4) is 0 Å². The van der Waals surface area contributed by atoms with Crippen molar-refractivity contribution in [1.82, 2.24) is 10.6 Å². The topological polar surface area (TPSA) is 58.2 Å². The lowest BCUT2D eigenvalue weighted by molar-refractivity contribution is -0.121. The van der Waals surface area contributed by atoms with Crippen LogP contribution in [-0.4, -0.2) is 24.4 Å². The summed E-state index contributed by atoms with van der Waals surface area (Å²) in [5.41, 5.74) is 2.07. The molecule has 2 aliphatic carbocycles. The molecule has 0 atom stereocenters. The number of hydrogen-bond acceptors (Lipinski definition) is 3. The number of hydrogen-bond donors (Lipinski definition) is 2. The molecule has 4 nitrogen and oxygen atoms in total. The molecule has 0 unspecified atom stereocenters. The van der Waals surface area contributed by atoms with E-state index in [-0.39, 0.29) is 11.8 Å². The van der Waals surface area contributed by atoms with Crippen LogP contribution in [0.15, 0.2) is 5.38 Å². The molecule has 1 heterocycles. The number of aryl methyl sites for hydroxylation is 1. The number of carbonyl (C=O) groups excluding carboxylic acids is 2. The van der Waals surface area contributed by atoms with Gasteiger partial charge in [-0.2, -0.15) is 0 Å². The van der Waals surface area contributed by atoms with Gasteiger partial charge in [-0.05, 0) is 44.1 Å². The summed E-state index contributed by atoms with van der Waals surface area (Å²) in [6, 6.07) is 0.354. The normalized spacial score (nSPS) is 18.0. The lowest BCUT2D eigenvalue weighted by Crippen LogP contribution is -2.35. The second kappa shape index (κ2) is 7.27. The first-order valence-electron chi connectivity index (χ1n) is 8.41. The zero-order chi connectivity index (χ0) is 15.4. The molecule has 22 heavy (non-hydrogen) atoms. The summed E-state index contributed by atoms with van der Waals surface area (Å²) in [5.74, 6) is 0.0348. The monoisotopic (exact) mass is 320 g/mol. The van der Waals surface area contributed by atoms with Crippen molar-refractivity contribution in [3.05, 3.63) is 21.4 Å². The molecule has 0 spiro atoms. The van der Waals surface area contributed by atoms with Crippen molar-refractivity contribution in [2.75, 3.05) is 6.54 Å². The lowest BCUT2D eigenvalue weighted by atomic mass is 9.95. The minimum atomic E-state index is -0.0203. The van der Waals surface area contributed by atoms with Gasteiger partial charge in [-0.3, -0.25) is 9.59 Å². The number of nitrogens with one attached hydrogen (secondary N) is 2. The molecule has 0 saturated heterocycles. The first-order valence-corrected chi connectivity index (χ1v) is 9.29. The van der Waals surface area contributed by atoms with E-state index in [1.807, 2.05) is 5.38 Å². The summed E-state index contributed by atoms with van der Waals surface area (Å²) < 4.78 is 0. The van der Waals surface area contributed by atoms with Crippen LogP contribution in [0.5, 0.6) is 0 Å². The maximum Gasteiger partial charge on any atom is 0.252 e. The van der Waals surface area contributed by atoms with Crippen molar-refractivity contribution in [3.63, 3.8) is 0 Å². The Hall–Kier alpha value is -1.36.